The SMILES string of the molecule is COc1cc2ccc(Br)cc2cc1[C@@H](c1ccccc1)[C@@](O)(CCN(C)C)c1nccc2occc12. The number of benzene rings is 3. The molecule has 2 aromatic heterocycles. The summed E-state index contributed by atoms with van der Waals surface area (Å²) in [4.78, 5) is 6.84. The molecule has 0 amide bonds. The van der Waals surface area contributed by atoms with E-state index in [1.807, 2.05) is 56.6 Å². The van der Waals surface area contributed by atoms with E-state index in [1.54, 1.807) is 19.6 Å². The van der Waals surface area contributed by atoms with Crippen LogP contribution in [0, 0.1) is 0 Å². The molecule has 0 radical (unpaired) electrons. The second-order valence-electron chi connectivity index (χ2n) is 9.40. The Bertz CT molecular complexity index is 1500. The van der Waals surface area contributed by atoms with E-state index in [4.69, 9.17) is 14.1 Å². The molecule has 2 heterocycles. The third-order valence-corrected chi connectivity index (χ3v) is 7.30. The zero-order valence-corrected chi connectivity index (χ0v) is 22.2. The van der Waals surface area contributed by atoms with Crippen molar-refractivity contribution in [2.24, 2.45) is 0 Å². The average molecular weight is 545 g/mol. The standard InChI is InChI=1S/C30H29BrN2O3/c1-33(2)15-13-30(34,29-24-12-16-36-26(24)11-14-32-29)28(20-7-5-4-6-8-20)25-18-22-17-23(31)10-9-21(22)19-27(25)35-3/h4-12,14,16-19,28,34H,13,15H2,1-3H3/t28-,30+/m1/s1. The van der Waals surface area contributed by atoms with Gasteiger partial charge in [0.2, 0.25) is 0 Å². The van der Waals surface area contributed by atoms with E-state index in [-0.39, 0.29) is 0 Å². The number of ether oxygens (including phenoxy) is 1. The van der Waals surface area contributed by atoms with Crippen LogP contribution in [0.25, 0.3) is 21.7 Å². The second-order valence-corrected chi connectivity index (χ2v) is 10.3. The summed E-state index contributed by atoms with van der Waals surface area (Å²) in [6.45, 7) is 0.664. The number of rotatable bonds is 8. The van der Waals surface area contributed by atoms with E-state index in [0.717, 1.165) is 37.5 Å². The van der Waals surface area contributed by atoms with Crippen LogP contribution in [-0.4, -0.2) is 42.7 Å². The highest BCUT2D eigenvalue weighted by molar-refractivity contribution is 9.10. The summed E-state index contributed by atoms with van der Waals surface area (Å²) in [6.07, 6.45) is 3.81. The lowest BCUT2D eigenvalue weighted by molar-refractivity contribution is 0.00140. The summed E-state index contributed by atoms with van der Waals surface area (Å²) in [5.74, 6) is 0.270. The van der Waals surface area contributed by atoms with E-state index >= 15 is 0 Å². The Hall–Kier alpha value is -3.19. The van der Waals surface area contributed by atoms with Crippen molar-refractivity contribution in [3.05, 3.63) is 107 Å². The summed E-state index contributed by atoms with van der Waals surface area (Å²) in [6, 6.07) is 24.2. The maximum atomic E-state index is 12.9. The van der Waals surface area contributed by atoms with Crippen LogP contribution in [0.15, 0.2) is 94.1 Å². The van der Waals surface area contributed by atoms with Gasteiger partial charge in [-0.25, -0.2) is 0 Å². The summed E-state index contributed by atoms with van der Waals surface area (Å²) in [7, 11) is 5.70. The molecule has 0 unspecified atom stereocenters. The van der Waals surface area contributed by atoms with Gasteiger partial charge in [-0.15, -0.1) is 0 Å². The molecule has 2 atom stereocenters. The molecule has 0 spiro atoms. The van der Waals surface area contributed by atoms with Crippen LogP contribution in [0.1, 0.15) is 29.2 Å². The van der Waals surface area contributed by atoms with Gasteiger partial charge in [0, 0.05) is 34.1 Å². The van der Waals surface area contributed by atoms with E-state index in [0.29, 0.717) is 24.2 Å². The summed E-state index contributed by atoms with van der Waals surface area (Å²) in [5, 5.41) is 15.8. The van der Waals surface area contributed by atoms with Crippen LogP contribution in [0.2, 0.25) is 0 Å². The molecule has 0 aliphatic rings. The molecule has 5 rings (SSSR count). The Morgan fingerprint density at radius 1 is 1.03 bits per heavy atom. The molecule has 1 N–H and O–H groups in total. The fourth-order valence-corrected chi connectivity index (χ4v) is 5.44. The number of methoxy groups -OCH3 is 1. The molecule has 5 nitrogen and oxygen atoms in total. The van der Waals surface area contributed by atoms with E-state index < -0.39 is 11.5 Å². The maximum Gasteiger partial charge on any atom is 0.137 e. The van der Waals surface area contributed by atoms with Crippen molar-refractivity contribution in [3.63, 3.8) is 0 Å². The molecular formula is C30H29BrN2O3. The third kappa shape index (κ3) is 4.52. The summed E-state index contributed by atoms with van der Waals surface area (Å²) < 4.78 is 12.6. The van der Waals surface area contributed by atoms with Crippen molar-refractivity contribution >= 4 is 37.7 Å². The number of aliphatic hydroxyl groups is 1. The molecule has 0 saturated heterocycles. The number of hydrogen-bond acceptors (Lipinski definition) is 5. The zero-order valence-electron chi connectivity index (χ0n) is 20.6. The highest BCUT2D eigenvalue weighted by atomic mass is 79.9. The Morgan fingerprint density at radius 3 is 2.58 bits per heavy atom. The molecule has 36 heavy (non-hydrogen) atoms. The molecule has 184 valence electrons. The topological polar surface area (TPSA) is 58.7 Å². The second kappa shape index (κ2) is 10.1. The predicted molar refractivity (Wildman–Crippen MR) is 148 cm³/mol. The highest BCUT2D eigenvalue weighted by Crippen LogP contribution is 2.49. The van der Waals surface area contributed by atoms with Gasteiger partial charge in [0.1, 0.15) is 16.9 Å². The maximum absolute atomic E-state index is 12.9. The number of pyridine rings is 1. The quantitative estimate of drug-likeness (QED) is 0.235. The van der Waals surface area contributed by atoms with Gasteiger partial charge in [-0.3, -0.25) is 4.98 Å². The van der Waals surface area contributed by atoms with Crippen LogP contribution < -0.4 is 4.74 Å². The fourth-order valence-electron chi connectivity index (χ4n) is 5.06. The third-order valence-electron chi connectivity index (χ3n) is 6.80. The molecule has 0 aliphatic carbocycles. The van der Waals surface area contributed by atoms with Crippen LogP contribution in [0.4, 0.5) is 0 Å². The van der Waals surface area contributed by atoms with Crippen LogP contribution in [0.5, 0.6) is 5.75 Å². The van der Waals surface area contributed by atoms with Gasteiger partial charge in [0.05, 0.1) is 19.1 Å². The first-order valence-corrected chi connectivity index (χ1v) is 12.7. The molecule has 6 heteroatoms. The first-order chi connectivity index (χ1) is 17.4. The minimum Gasteiger partial charge on any atom is -0.496 e. The Labute approximate surface area is 219 Å². The molecule has 0 bridgehead atoms. The minimum atomic E-state index is -1.36. The molecular weight excluding hydrogens is 516 g/mol. The van der Waals surface area contributed by atoms with Crippen LogP contribution in [-0.2, 0) is 5.60 Å². The monoisotopic (exact) mass is 544 g/mol. The lowest BCUT2D eigenvalue weighted by atomic mass is 9.72. The Morgan fingerprint density at radius 2 is 1.83 bits per heavy atom. The average Bonchev–Trinajstić information content (AvgIpc) is 3.37. The Kier molecular flexibility index (Phi) is 6.84. The van der Waals surface area contributed by atoms with Gasteiger partial charge >= 0.3 is 0 Å². The van der Waals surface area contributed by atoms with E-state index in [9.17, 15) is 5.11 Å². The Balaban J connectivity index is 1.83. The lowest BCUT2D eigenvalue weighted by Crippen LogP contribution is -2.38. The smallest absolute Gasteiger partial charge is 0.137 e. The molecule has 0 saturated carbocycles. The van der Waals surface area contributed by atoms with Crippen molar-refractivity contribution in [2.75, 3.05) is 27.7 Å². The van der Waals surface area contributed by atoms with Gasteiger partial charge < -0.3 is 19.2 Å². The van der Waals surface area contributed by atoms with Crippen molar-refractivity contribution in [1.82, 2.24) is 9.88 Å². The summed E-state index contributed by atoms with van der Waals surface area (Å²) >= 11 is 3.61. The fraction of sp³-hybridized carbons (Fsp3) is 0.233. The molecule has 0 aliphatic heterocycles. The van der Waals surface area contributed by atoms with Crippen LogP contribution >= 0.6 is 15.9 Å². The number of nitrogens with zero attached hydrogens (tertiary/aromatic N) is 2. The number of aromatic nitrogens is 1. The summed E-state index contributed by atoms with van der Waals surface area (Å²) in [5.41, 5.74) is 1.82. The van der Waals surface area contributed by atoms with Gasteiger partial charge in [-0.2, -0.15) is 0 Å². The molecule has 3 aromatic carbocycles. The van der Waals surface area contributed by atoms with Crippen LogP contribution in [0.3, 0.4) is 0 Å². The number of halogens is 1. The molecule has 0 fully saturated rings. The van der Waals surface area contributed by atoms with E-state index in [1.165, 1.54) is 0 Å². The first-order valence-electron chi connectivity index (χ1n) is 11.9. The lowest BCUT2D eigenvalue weighted by Gasteiger charge is -2.38. The highest BCUT2D eigenvalue weighted by Gasteiger charge is 2.44. The molecule has 5 aromatic rings. The first kappa shape index (κ1) is 24.5. The van der Waals surface area contributed by atoms with Crippen molar-refractivity contribution in [1.29, 1.82) is 0 Å². The number of fused-ring (bicyclic) bond motifs is 2. The predicted octanol–water partition coefficient (Wildman–Crippen LogP) is 6.72. The largest absolute Gasteiger partial charge is 0.496 e. The normalized spacial score (nSPS) is 14.3. The number of furan rings is 1. The van der Waals surface area contributed by atoms with Gasteiger partial charge in [0.25, 0.3) is 0 Å². The van der Waals surface area contributed by atoms with Gasteiger partial charge in [-0.05, 0) is 73.3 Å². The number of hydrogen-bond donors (Lipinski definition) is 1. The van der Waals surface area contributed by atoms with E-state index in [2.05, 4.69) is 51.2 Å². The van der Waals surface area contributed by atoms with Crippen molar-refractivity contribution < 1.29 is 14.3 Å². The minimum absolute atomic E-state index is 0.454. The van der Waals surface area contributed by atoms with Crippen molar-refractivity contribution in [3.8, 4) is 5.75 Å². The van der Waals surface area contributed by atoms with Gasteiger partial charge in [0.15, 0.2) is 0 Å². The van der Waals surface area contributed by atoms with Gasteiger partial charge in [-0.1, -0.05) is 52.3 Å². The zero-order chi connectivity index (χ0) is 25.3. The van der Waals surface area contributed by atoms with Crippen molar-refractivity contribution in [2.45, 2.75) is 17.9 Å².